The minimum absolute atomic E-state index is 0.117. The number of hydrogen-bond acceptors (Lipinski definition) is 4. The van der Waals surface area contributed by atoms with Crippen LogP contribution in [0.2, 0.25) is 0 Å². The Kier molecular flexibility index (Phi) is 7.75. The lowest BCUT2D eigenvalue weighted by Crippen LogP contribution is -2.44. The van der Waals surface area contributed by atoms with Gasteiger partial charge in [-0.25, -0.2) is 4.39 Å². The van der Waals surface area contributed by atoms with E-state index in [9.17, 15) is 9.18 Å². The second-order valence-corrected chi connectivity index (χ2v) is 6.21. The molecule has 0 amide bonds. The molecular formula is C16H24FNO2S. The molecule has 0 radical (unpaired) electrons. The van der Waals surface area contributed by atoms with Crippen molar-refractivity contribution in [2.75, 3.05) is 24.7 Å². The van der Waals surface area contributed by atoms with Gasteiger partial charge in [0.25, 0.3) is 0 Å². The molecule has 0 aliphatic heterocycles. The van der Waals surface area contributed by atoms with Crippen LogP contribution in [0.3, 0.4) is 0 Å². The monoisotopic (exact) mass is 313 g/mol. The van der Waals surface area contributed by atoms with E-state index in [-0.39, 0.29) is 18.3 Å². The zero-order chi connectivity index (χ0) is 15.7. The van der Waals surface area contributed by atoms with Gasteiger partial charge in [0.05, 0.1) is 6.61 Å². The molecule has 118 valence electrons. The Morgan fingerprint density at radius 1 is 1.43 bits per heavy atom. The molecule has 0 heterocycles. The number of nitrogens with two attached hydrogens (primary N) is 1. The van der Waals surface area contributed by atoms with E-state index in [4.69, 9.17) is 10.5 Å². The minimum Gasteiger partial charge on any atom is -0.465 e. The van der Waals surface area contributed by atoms with Crippen molar-refractivity contribution >= 4 is 17.7 Å². The van der Waals surface area contributed by atoms with Crippen molar-refractivity contribution < 1.29 is 13.9 Å². The summed E-state index contributed by atoms with van der Waals surface area (Å²) in [7, 11) is 0. The fraction of sp³-hybridized carbons (Fsp3) is 0.562. The molecule has 1 aromatic carbocycles. The van der Waals surface area contributed by atoms with Crippen LogP contribution in [0.25, 0.3) is 0 Å². The third-order valence-corrected chi connectivity index (χ3v) is 4.47. The second kappa shape index (κ2) is 9.05. The van der Waals surface area contributed by atoms with E-state index in [1.807, 2.05) is 11.8 Å². The first-order chi connectivity index (χ1) is 10.1. The van der Waals surface area contributed by atoms with E-state index in [1.54, 1.807) is 19.1 Å². The zero-order valence-electron chi connectivity index (χ0n) is 12.7. The van der Waals surface area contributed by atoms with Crippen molar-refractivity contribution in [2.24, 2.45) is 5.73 Å². The SMILES string of the molecule is CCOC(=O)C(CN)(CCCSCC)c1cccc(F)c1. The highest BCUT2D eigenvalue weighted by atomic mass is 32.2. The van der Waals surface area contributed by atoms with Crippen LogP contribution in [0.5, 0.6) is 0 Å². The molecule has 0 saturated heterocycles. The number of esters is 1. The molecule has 0 spiro atoms. The Labute approximate surface area is 130 Å². The van der Waals surface area contributed by atoms with Gasteiger partial charge >= 0.3 is 5.97 Å². The first-order valence-electron chi connectivity index (χ1n) is 7.31. The first-order valence-corrected chi connectivity index (χ1v) is 8.47. The van der Waals surface area contributed by atoms with Crippen LogP contribution >= 0.6 is 11.8 Å². The summed E-state index contributed by atoms with van der Waals surface area (Å²) in [5.74, 6) is 1.26. The number of benzene rings is 1. The van der Waals surface area contributed by atoms with Gasteiger partial charge in [-0.2, -0.15) is 11.8 Å². The van der Waals surface area contributed by atoms with Gasteiger partial charge in [0.1, 0.15) is 11.2 Å². The van der Waals surface area contributed by atoms with Gasteiger partial charge in [0.2, 0.25) is 0 Å². The summed E-state index contributed by atoms with van der Waals surface area (Å²) in [4.78, 5) is 12.4. The van der Waals surface area contributed by atoms with Crippen LogP contribution in [0.4, 0.5) is 4.39 Å². The van der Waals surface area contributed by atoms with Gasteiger partial charge in [0, 0.05) is 6.54 Å². The Morgan fingerprint density at radius 2 is 2.19 bits per heavy atom. The van der Waals surface area contributed by atoms with Gasteiger partial charge < -0.3 is 10.5 Å². The maximum atomic E-state index is 13.5. The van der Waals surface area contributed by atoms with Crippen LogP contribution in [0.1, 0.15) is 32.3 Å². The van der Waals surface area contributed by atoms with E-state index < -0.39 is 5.41 Å². The zero-order valence-corrected chi connectivity index (χ0v) is 13.5. The second-order valence-electron chi connectivity index (χ2n) is 4.82. The quantitative estimate of drug-likeness (QED) is 0.562. The standard InChI is InChI=1S/C16H24FNO2S/c1-3-20-15(19)16(12-18,9-6-10-21-4-2)13-7-5-8-14(17)11-13/h5,7-8,11H,3-4,6,9-10,12,18H2,1-2H3. The summed E-state index contributed by atoms with van der Waals surface area (Å²) in [5, 5.41) is 0. The molecule has 3 nitrogen and oxygen atoms in total. The van der Waals surface area contributed by atoms with Crippen LogP contribution in [-0.2, 0) is 14.9 Å². The number of thioether (sulfide) groups is 1. The van der Waals surface area contributed by atoms with Crippen molar-refractivity contribution in [1.82, 2.24) is 0 Å². The maximum Gasteiger partial charge on any atom is 0.317 e. The smallest absolute Gasteiger partial charge is 0.317 e. The van der Waals surface area contributed by atoms with Crippen molar-refractivity contribution in [3.63, 3.8) is 0 Å². The molecule has 0 saturated carbocycles. The first kappa shape index (κ1) is 18.0. The highest BCUT2D eigenvalue weighted by Gasteiger charge is 2.40. The minimum atomic E-state index is -0.952. The molecule has 1 rings (SSSR count). The van der Waals surface area contributed by atoms with E-state index in [2.05, 4.69) is 6.92 Å². The molecule has 0 aromatic heterocycles. The molecule has 1 unspecified atom stereocenters. The van der Waals surface area contributed by atoms with Crippen LogP contribution < -0.4 is 5.73 Å². The average Bonchev–Trinajstić information content (AvgIpc) is 2.48. The molecule has 5 heteroatoms. The van der Waals surface area contributed by atoms with Crippen LogP contribution in [0.15, 0.2) is 24.3 Å². The largest absolute Gasteiger partial charge is 0.465 e. The number of rotatable bonds is 9. The number of ether oxygens (including phenoxy) is 1. The lowest BCUT2D eigenvalue weighted by atomic mass is 9.76. The van der Waals surface area contributed by atoms with Crippen LogP contribution in [0, 0.1) is 5.82 Å². The van der Waals surface area contributed by atoms with Crippen molar-refractivity contribution in [2.45, 2.75) is 32.1 Å². The molecule has 21 heavy (non-hydrogen) atoms. The van der Waals surface area contributed by atoms with E-state index in [1.165, 1.54) is 12.1 Å². The molecule has 0 fully saturated rings. The topological polar surface area (TPSA) is 52.3 Å². The molecule has 1 atom stereocenters. The molecular weight excluding hydrogens is 289 g/mol. The van der Waals surface area contributed by atoms with Gasteiger partial charge in [-0.15, -0.1) is 0 Å². The van der Waals surface area contributed by atoms with Gasteiger partial charge in [-0.05, 0) is 49.0 Å². The number of hydrogen-bond donors (Lipinski definition) is 1. The Bertz CT molecular complexity index is 456. The fourth-order valence-corrected chi connectivity index (χ4v) is 2.98. The molecule has 2 N–H and O–H groups in total. The van der Waals surface area contributed by atoms with Gasteiger partial charge in [-0.3, -0.25) is 4.79 Å². The van der Waals surface area contributed by atoms with Crippen molar-refractivity contribution in [3.8, 4) is 0 Å². The molecule has 0 aliphatic carbocycles. The average molecular weight is 313 g/mol. The predicted molar refractivity (Wildman–Crippen MR) is 86.0 cm³/mol. The Morgan fingerprint density at radius 3 is 2.76 bits per heavy atom. The van der Waals surface area contributed by atoms with Crippen molar-refractivity contribution in [3.05, 3.63) is 35.6 Å². The highest BCUT2D eigenvalue weighted by molar-refractivity contribution is 7.99. The highest BCUT2D eigenvalue weighted by Crippen LogP contribution is 2.31. The summed E-state index contributed by atoms with van der Waals surface area (Å²) in [6, 6.07) is 6.11. The lowest BCUT2D eigenvalue weighted by Gasteiger charge is -2.30. The van der Waals surface area contributed by atoms with E-state index in [0.29, 0.717) is 18.6 Å². The fourth-order valence-electron chi connectivity index (χ4n) is 2.34. The third kappa shape index (κ3) is 4.71. The number of halogens is 1. The third-order valence-electron chi connectivity index (χ3n) is 3.49. The lowest BCUT2D eigenvalue weighted by molar-refractivity contribution is -0.150. The summed E-state index contributed by atoms with van der Waals surface area (Å²) >= 11 is 1.82. The summed E-state index contributed by atoms with van der Waals surface area (Å²) in [5.41, 5.74) is 5.56. The Balaban J connectivity index is 3.04. The van der Waals surface area contributed by atoms with E-state index >= 15 is 0 Å². The summed E-state index contributed by atoms with van der Waals surface area (Å²) in [6.45, 7) is 4.27. The summed E-state index contributed by atoms with van der Waals surface area (Å²) < 4.78 is 18.7. The molecule has 0 aliphatic rings. The Hall–Kier alpha value is -1.07. The van der Waals surface area contributed by atoms with Gasteiger partial charge in [0.15, 0.2) is 0 Å². The summed E-state index contributed by atoms with van der Waals surface area (Å²) in [6.07, 6.45) is 1.41. The molecule has 0 bridgehead atoms. The predicted octanol–water partition coefficient (Wildman–Crippen LogP) is 3.12. The number of carbonyl (C=O) groups is 1. The van der Waals surface area contributed by atoms with Crippen molar-refractivity contribution in [1.29, 1.82) is 0 Å². The van der Waals surface area contributed by atoms with Gasteiger partial charge in [-0.1, -0.05) is 19.1 Å². The normalized spacial score (nSPS) is 13.7. The molecule has 1 aromatic rings. The number of carbonyl (C=O) groups excluding carboxylic acids is 1. The van der Waals surface area contributed by atoms with Crippen LogP contribution in [-0.4, -0.2) is 30.6 Å². The maximum absolute atomic E-state index is 13.5. The van der Waals surface area contributed by atoms with E-state index in [0.717, 1.165) is 17.9 Å².